The number of carbonyl (C=O) groups is 1. The summed E-state index contributed by atoms with van der Waals surface area (Å²) < 4.78 is 10.3. The van der Waals surface area contributed by atoms with Crippen molar-refractivity contribution in [3.05, 3.63) is 28.8 Å². The van der Waals surface area contributed by atoms with Gasteiger partial charge < -0.3 is 14.8 Å². The predicted octanol–water partition coefficient (Wildman–Crippen LogP) is 3.22. The molecule has 1 N–H and O–H groups in total. The van der Waals surface area contributed by atoms with E-state index in [4.69, 9.17) is 21.1 Å². The highest BCUT2D eigenvalue weighted by molar-refractivity contribution is 6.30. The van der Waals surface area contributed by atoms with Crippen molar-refractivity contribution in [2.75, 3.05) is 13.7 Å². The summed E-state index contributed by atoms with van der Waals surface area (Å²) in [6, 6.07) is 5.18. The molecule has 20 heavy (non-hydrogen) atoms. The number of ether oxygens (including phenoxy) is 2. The first kappa shape index (κ1) is 16.2. The van der Waals surface area contributed by atoms with Crippen molar-refractivity contribution in [3.63, 3.8) is 0 Å². The van der Waals surface area contributed by atoms with Gasteiger partial charge in [0.15, 0.2) is 0 Å². The number of nitrogens with one attached hydrogen (secondary N) is 1. The number of rotatable bonds is 2. The van der Waals surface area contributed by atoms with Crippen molar-refractivity contribution in [2.24, 2.45) is 0 Å². The van der Waals surface area contributed by atoms with Gasteiger partial charge in [-0.25, -0.2) is 4.79 Å². The van der Waals surface area contributed by atoms with Gasteiger partial charge in [0.25, 0.3) is 0 Å². The van der Waals surface area contributed by atoms with Crippen molar-refractivity contribution in [3.8, 4) is 17.6 Å². The molecule has 1 rings (SSSR count). The maximum absolute atomic E-state index is 11.4. The van der Waals surface area contributed by atoms with Crippen molar-refractivity contribution < 1.29 is 14.3 Å². The van der Waals surface area contributed by atoms with Gasteiger partial charge in [-0.15, -0.1) is 0 Å². The lowest BCUT2D eigenvalue weighted by atomic mass is 10.2. The van der Waals surface area contributed by atoms with Crippen molar-refractivity contribution in [2.45, 2.75) is 26.4 Å². The molecule has 0 bridgehead atoms. The van der Waals surface area contributed by atoms with Crippen molar-refractivity contribution >= 4 is 17.7 Å². The van der Waals surface area contributed by atoms with E-state index < -0.39 is 11.7 Å². The molecular weight excluding hydrogens is 278 g/mol. The summed E-state index contributed by atoms with van der Waals surface area (Å²) in [5.74, 6) is 6.33. The average Bonchev–Trinajstić information content (AvgIpc) is 2.33. The van der Waals surface area contributed by atoms with E-state index in [2.05, 4.69) is 17.2 Å². The van der Waals surface area contributed by atoms with E-state index in [9.17, 15) is 4.79 Å². The molecule has 0 unspecified atom stereocenters. The Hall–Kier alpha value is -1.86. The van der Waals surface area contributed by atoms with E-state index in [1.54, 1.807) is 46.1 Å². The van der Waals surface area contributed by atoms with Crippen LogP contribution in [0.15, 0.2) is 18.2 Å². The van der Waals surface area contributed by atoms with Crippen LogP contribution >= 0.6 is 11.6 Å². The third-order valence-corrected chi connectivity index (χ3v) is 2.34. The SMILES string of the molecule is COc1cc(Cl)ccc1C#CCNC(=O)OC(C)(C)C. The lowest BCUT2D eigenvalue weighted by Gasteiger charge is -2.19. The molecule has 1 aromatic carbocycles. The molecule has 0 radical (unpaired) electrons. The van der Waals surface area contributed by atoms with E-state index >= 15 is 0 Å². The zero-order valence-corrected chi connectivity index (χ0v) is 12.8. The normalized spacial score (nSPS) is 10.2. The number of benzene rings is 1. The maximum atomic E-state index is 11.4. The Morgan fingerprint density at radius 2 is 2.10 bits per heavy atom. The standard InChI is InChI=1S/C15H18ClNO3/c1-15(2,3)20-14(18)17-9-5-6-11-7-8-12(16)10-13(11)19-4/h7-8,10H,9H2,1-4H3,(H,17,18). The summed E-state index contributed by atoms with van der Waals surface area (Å²) >= 11 is 5.86. The van der Waals surface area contributed by atoms with Crippen LogP contribution in [0.25, 0.3) is 0 Å². The Morgan fingerprint density at radius 3 is 2.70 bits per heavy atom. The average molecular weight is 296 g/mol. The van der Waals surface area contributed by atoms with Gasteiger partial charge in [0.05, 0.1) is 19.2 Å². The smallest absolute Gasteiger partial charge is 0.408 e. The molecule has 0 saturated carbocycles. The van der Waals surface area contributed by atoms with Crippen LogP contribution in [0.5, 0.6) is 5.75 Å². The molecule has 0 heterocycles. The van der Waals surface area contributed by atoms with Gasteiger partial charge in [0, 0.05) is 11.1 Å². The van der Waals surface area contributed by atoms with Crippen molar-refractivity contribution in [1.82, 2.24) is 5.32 Å². The number of halogens is 1. The van der Waals surface area contributed by atoms with E-state index in [1.807, 2.05) is 0 Å². The molecule has 108 valence electrons. The lowest BCUT2D eigenvalue weighted by molar-refractivity contribution is 0.0535. The van der Waals surface area contributed by atoms with Crippen LogP contribution < -0.4 is 10.1 Å². The molecule has 0 aliphatic heterocycles. The summed E-state index contributed by atoms with van der Waals surface area (Å²) in [5, 5.41) is 3.14. The maximum Gasteiger partial charge on any atom is 0.408 e. The van der Waals surface area contributed by atoms with Gasteiger partial charge in [0.2, 0.25) is 0 Å². The number of carbonyl (C=O) groups excluding carboxylic acids is 1. The molecule has 0 aliphatic carbocycles. The molecule has 0 fully saturated rings. The van der Waals surface area contributed by atoms with E-state index in [1.165, 1.54) is 0 Å². The second kappa shape index (κ2) is 7.06. The number of hydrogen-bond acceptors (Lipinski definition) is 3. The third-order valence-electron chi connectivity index (χ3n) is 2.11. The molecule has 4 nitrogen and oxygen atoms in total. The molecule has 0 aromatic heterocycles. The fourth-order valence-electron chi connectivity index (χ4n) is 1.34. The van der Waals surface area contributed by atoms with Crippen LogP contribution in [0, 0.1) is 11.8 Å². The Morgan fingerprint density at radius 1 is 1.40 bits per heavy atom. The minimum absolute atomic E-state index is 0.195. The molecule has 1 amide bonds. The largest absolute Gasteiger partial charge is 0.495 e. The Bertz CT molecular complexity index is 538. The monoisotopic (exact) mass is 295 g/mol. The van der Waals surface area contributed by atoms with E-state index in [-0.39, 0.29) is 6.54 Å². The van der Waals surface area contributed by atoms with Crippen molar-refractivity contribution in [1.29, 1.82) is 0 Å². The summed E-state index contributed by atoms with van der Waals surface area (Å²) in [6.07, 6.45) is -0.491. The summed E-state index contributed by atoms with van der Waals surface area (Å²) in [4.78, 5) is 11.4. The highest BCUT2D eigenvalue weighted by Crippen LogP contribution is 2.21. The first-order valence-electron chi connectivity index (χ1n) is 6.11. The topological polar surface area (TPSA) is 47.6 Å². The predicted molar refractivity (Wildman–Crippen MR) is 79.1 cm³/mol. The Kier molecular flexibility index (Phi) is 5.72. The highest BCUT2D eigenvalue weighted by Gasteiger charge is 2.14. The van der Waals surface area contributed by atoms with Gasteiger partial charge in [-0.1, -0.05) is 23.4 Å². The van der Waals surface area contributed by atoms with Gasteiger partial charge in [-0.2, -0.15) is 0 Å². The number of methoxy groups -OCH3 is 1. The van der Waals surface area contributed by atoms with Crippen LogP contribution in [-0.2, 0) is 4.74 Å². The molecular formula is C15H18ClNO3. The number of hydrogen-bond donors (Lipinski definition) is 1. The third kappa shape index (κ3) is 5.85. The van der Waals surface area contributed by atoms with Crippen LogP contribution in [0.4, 0.5) is 4.79 Å². The van der Waals surface area contributed by atoms with Gasteiger partial charge in [-0.05, 0) is 32.9 Å². The molecule has 1 aromatic rings. The fourth-order valence-corrected chi connectivity index (χ4v) is 1.50. The van der Waals surface area contributed by atoms with E-state index in [0.717, 1.165) is 0 Å². The molecule has 0 atom stereocenters. The zero-order valence-electron chi connectivity index (χ0n) is 12.0. The number of amides is 1. The minimum atomic E-state index is -0.517. The lowest BCUT2D eigenvalue weighted by Crippen LogP contribution is -2.32. The highest BCUT2D eigenvalue weighted by atomic mass is 35.5. The Labute approximate surface area is 124 Å². The summed E-state index contributed by atoms with van der Waals surface area (Å²) in [7, 11) is 1.55. The van der Waals surface area contributed by atoms with Crippen LogP contribution in [0.3, 0.4) is 0 Å². The summed E-state index contributed by atoms with van der Waals surface area (Å²) in [5.41, 5.74) is 0.194. The fraction of sp³-hybridized carbons (Fsp3) is 0.400. The number of alkyl carbamates (subject to hydrolysis) is 1. The van der Waals surface area contributed by atoms with Crippen LogP contribution in [0.2, 0.25) is 5.02 Å². The Balaban J connectivity index is 2.57. The quantitative estimate of drug-likeness (QED) is 0.852. The van der Waals surface area contributed by atoms with Crippen LogP contribution in [-0.4, -0.2) is 25.3 Å². The molecule has 5 heteroatoms. The molecule has 0 saturated heterocycles. The zero-order chi connectivity index (χ0) is 15.2. The van der Waals surface area contributed by atoms with Crippen LogP contribution in [0.1, 0.15) is 26.3 Å². The van der Waals surface area contributed by atoms with Gasteiger partial charge >= 0.3 is 6.09 Å². The first-order chi connectivity index (χ1) is 9.31. The second-order valence-electron chi connectivity index (χ2n) is 5.00. The summed E-state index contributed by atoms with van der Waals surface area (Å²) in [6.45, 7) is 5.60. The van der Waals surface area contributed by atoms with E-state index in [0.29, 0.717) is 16.3 Å². The van der Waals surface area contributed by atoms with Gasteiger partial charge in [0.1, 0.15) is 11.4 Å². The minimum Gasteiger partial charge on any atom is -0.495 e. The first-order valence-corrected chi connectivity index (χ1v) is 6.49. The van der Waals surface area contributed by atoms with Gasteiger partial charge in [-0.3, -0.25) is 0 Å². The molecule has 0 spiro atoms. The molecule has 0 aliphatic rings. The second-order valence-corrected chi connectivity index (χ2v) is 5.44.